The van der Waals surface area contributed by atoms with Crippen molar-refractivity contribution in [1.29, 1.82) is 0 Å². The molecular formula is C14H18IN3. The zero-order valence-electron chi connectivity index (χ0n) is 11.0. The topological polar surface area (TPSA) is 20.0 Å². The van der Waals surface area contributed by atoms with Gasteiger partial charge in [-0.25, -0.2) is 9.47 Å². The molecule has 2 aromatic rings. The van der Waals surface area contributed by atoms with Crippen LogP contribution >= 0.6 is 0 Å². The third kappa shape index (κ3) is 2.98. The first-order chi connectivity index (χ1) is 8.24. The number of benzene rings is 1. The predicted molar refractivity (Wildman–Crippen MR) is 69.3 cm³/mol. The number of anilines is 2. The van der Waals surface area contributed by atoms with Gasteiger partial charge < -0.3 is 24.0 Å². The van der Waals surface area contributed by atoms with E-state index < -0.39 is 0 Å². The number of nitrogens with zero attached hydrogens (tertiary/aromatic N) is 3. The lowest BCUT2D eigenvalue weighted by Gasteiger charge is -2.16. The van der Waals surface area contributed by atoms with E-state index in [9.17, 15) is 0 Å². The highest BCUT2D eigenvalue weighted by Crippen LogP contribution is 2.19. The van der Waals surface area contributed by atoms with Crippen molar-refractivity contribution in [3.8, 4) is 0 Å². The Balaban J connectivity index is 0.00000162. The average Bonchev–Trinajstić information content (AvgIpc) is 2.37. The van der Waals surface area contributed by atoms with Crippen LogP contribution in [0, 0.1) is 6.92 Å². The van der Waals surface area contributed by atoms with Gasteiger partial charge in [0.1, 0.15) is 11.9 Å². The summed E-state index contributed by atoms with van der Waals surface area (Å²) in [5.74, 6) is 0.971. The highest BCUT2D eigenvalue weighted by Gasteiger charge is 2.20. The molecule has 0 atom stereocenters. The van der Waals surface area contributed by atoms with Crippen LogP contribution in [0.3, 0.4) is 0 Å². The van der Waals surface area contributed by atoms with Crippen LogP contribution in [0.1, 0.15) is 12.6 Å². The molecule has 96 valence electrons. The molecule has 0 amide bonds. The first-order valence-electron chi connectivity index (χ1n) is 5.88. The van der Waals surface area contributed by atoms with Crippen LogP contribution in [-0.4, -0.2) is 11.5 Å². The molecule has 3 nitrogen and oxygen atoms in total. The van der Waals surface area contributed by atoms with E-state index >= 15 is 0 Å². The standard InChI is InChI=1S/C14H18N3.HI/c1-4-17(13-8-6-5-7-9-13)14-15-11-10-12(2)16(14)3;/h5-11H,4H2,1-3H3;1H/q+1;/p-1. The van der Waals surface area contributed by atoms with Crippen molar-refractivity contribution >= 4 is 11.6 Å². The van der Waals surface area contributed by atoms with Crippen LogP contribution in [0.5, 0.6) is 0 Å². The van der Waals surface area contributed by atoms with Crippen LogP contribution in [0.4, 0.5) is 11.6 Å². The molecule has 0 N–H and O–H groups in total. The van der Waals surface area contributed by atoms with E-state index in [0.29, 0.717) is 0 Å². The normalized spacial score (nSPS) is 9.72. The highest BCUT2D eigenvalue weighted by atomic mass is 127. The fourth-order valence-electron chi connectivity index (χ4n) is 1.87. The summed E-state index contributed by atoms with van der Waals surface area (Å²) in [7, 11) is 2.04. The molecule has 0 aliphatic carbocycles. The molecular weight excluding hydrogens is 337 g/mol. The van der Waals surface area contributed by atoms with Crippen molar-refractivity contribution in [3.63, 3.8) is 0 Å². The van der Waals surface area contributed by atoms with Crippen LogP contribution in [0.25, 0.3) is 0 Å². The van der Waals surface area contributed by atoms with Gasteiger partial charge in [-0.3, -0.25) is 0 Å². The van der Waals surface area contributed by atoms with E-state index in [1.807, 2.05) is 37.5 Å². The molecule has 0 saturated carbocycles. The van der Waals surface area contributed by atoms with Crippen LogP contribution in [0.15, 0.2) is 42.6 Å². The van der Waals surface area contributed by atoms with Gasteiger partial charge >= 0.3 is 5.95 Å². The maximum atomic E-state index is 4.48. The fourth-order valence-corrected chi connectivity index (χ4v) is 1.87. The molecule has 1 aromatic heterocycles. The quantitative estimate of drug-likeness (QED) is 0.540. The molecule has 4 heteroatoms. The van der Waals surface area contributed by atoms with Gasteiger partial charge in [0.2, 0.25) is 0 Å². The summed E-state index contributed by atoms with van der Waals surface area (Å²) in [6.45, 7) is 5.12. The van der Waals surface area contributed by atoms with E-state index in [1.54, 1.807) is 0 Å². The van der Waals surface area contributed by atoms with E-state index in [4.69, 9.17) is 0 Å². The molecule has 0 fully saturated rings. The molecule has 0 aliphatic rings. The summed E-state index contributed by atoms with van der Waals surface area (Å²) < 4.78 is 2.11. The lowest BCUT2D eigenvalue weighted by molar-refractivity contribution is -0.667. The first kappa shape index (κ1) is 14.9. The summed E-state index contributed by atoms with van der Waals surface area (Å²) in [6, 6.07) is 12.4. The fraction of sp³-hybridized carbons (Fsp3) is 0.286. The summed E-state index contributed by atoms with van der Waals surface area (Å²) in [5, 5.41) is 0. The summed E-state index contributed by atoms with van der Waals surface area (Å²) in [4.78, 5) is 6.68. The lowest BCUT2D eigenvalue weighted by Crippen LogP contribution is -3.00. The van der Waals surface area contributed by atoms with Crippen LogP contribution in [0.2, 0.25) is 0 Å². The molecule has 0 aliphatic heterocycles. The van der Waals surface area contributed by atoms with Gasteiger partial charge in [-0.2, -0.15) is 0 Å². The number of aryl methyl sites for hydroxylation is 1. The van der Waals surface area contributed by atoms with Gasteiger partial charge in [-0.05, 0) is 26.0 Å². The number of rotatable bonds is 3. The lowest BCUT2D eigenvalue weighted by atomic mass is 10.3. The van der Waals surface area contributed by atoms with Crippen molar-refractivity contribution in [2.24, 2.45) is 7.05 Å². The van der Waals surface area contributed by atoms with Crippen molar-refractivity contribution in [2.45, 2.75) is 13.8 Å². The van der Waals surface area contributed by atoms with Crippen LogP contribution < -0.4 is 33.4 Å². The number of halogens is 1. The van der Waals surface area contributed by atoms with Gasteiger partial charge in [0.15, 0.2) is 0 Å². The minimum absolute atomic E-state index is 0. The number of para-hydroxylation sites is 1. The van der Waals surface area contributed by atoms with Crippen molar-refractivity contribution < 1.29 is 28.5 Å². The molecule has 2 rings (SSSR count). The second-order valence-electron chi connectivity index (χ2n) is 4.03. The average molecular weight is 355 g/mol. The third-order valence-corrected chi connectivity index (χ3v) is 2.96. The van der Waals surface area contributed by atoms with Gasteiger partial charge in [0.05, 0.1) is 19.3 Å². The van der Waals surface area contributed by atoms with Crippen molar-refractivity contribution in [3.05, 3.63) is 48.3 Å². The molecule has 0 unspecified atom stereocenters. The van der Waals surface area contributed by atoms with Gasteiger partial charge in [0.25, 0.3) is 0 Å². The molecule has 0 saturated heterocycles. The number of aromatic nitrogens is 2. The Morgan fingerprint density at radius 2 is 1.83 bits per heavy atom. The number of hydrogen-bond donors (Lipinski definition) is 0. The van der Waals surface area contributed by atoms with E-state index in [0.717, 1.165) is 12.5 Å². The largest absolute Gasteiger partial charge is 1.00 e. The van der Waals surface area contributed by atoms with Crippen LogP contribution in [-0.2, 0) is 7.05 Å². The second-order valence-corrected chi connectivity index (χ2v) is 4.03. The minimum Gasteiger partial charge on any atom is -1.00 e. The van der Waals surface area contributed by atoms with E-state index in [2.05, 4.69) is 40.4 Å². The Morgan fingerprint density at radius 3 is 2.44 bits per heavy atom. The molecule has 1 aromatic carbocycles. The van der Waals surface area contributed by atoms with E-state index in [1.165, 1.54) is 11.4 Å². The zero-order valence-corrected chi connectivity index (χ0v) is 13.1. The first-order valence-corrected chi connectivity index (χ1v) is 5.88. The molecule has 0 bridgehead atoms. The van der Waals surface area contributed by atoms with Crippen molar-refractivity contribution in [1.82, 2.24) is 4.98 Å². The molecule has 0 spiro atoms. The summed E-state index contributed by atoms with van der Waals surface area (Å²) >= 11 is 0. The SMILES string of the molecule is CCN(c1ccccc1)c1nccc(C)[n+]1C.[I-]. The Kier molecular flexibility index (Phi) is 5.53. The van der Waals surface area contributed by atoms with Crippen molar-refractivity contribution in [2.75, 3.05) is 11.4 Å². The summed E-state index contributed by atoms with van der Waals surface area (Å²) in [6.07, 6.45) is 1.86. The van der Waals surface area contributed by atoms with E-state index in [-0.39, 0.29) is 24.0 Å². The molecule has 0 radical (unpaired) electrons. The minimum atomic E-state index is 0. The molecule has 18 heavy (non-hydrogen) atoms. The second kappa shape index (κ2) is 6.68. The molecule has 1 heterocycles. The Bertz CT molecular complexity index is 500. The van der Waals surface area contributed by atoms with Gasteiger partial charge in [0, 0.05) is 6.07 Å². The highest BCUT2D eigenvalue weighted by molar-refractivity contribution is 5.54. The number of hydrogen-bond acceptors (Lipinski definition) is 2. The summed E-state index contributed by atoms with van der Waals surface area (Å²) in [5.41, 5.74) is 2.37. The third-order valence-electron chi connectivity index (χ3n) is 2.96. The smallest absolute Gasteiger partial charge is 0.398 e. The Hall–Kier alpha value is -1.17. The van der Waals surface area contributed by atoms with Gasteiger partial charge in [-0.15, -0.1) is 0 Å². The van der Waals surface area contributed by atoms with Gasteiger partial charge in [-0.1, -0.05) is 23.2 Å². The predicted octanol–water partition coefficient (Wildman–Crippen LogP) is -0.623. The Labute approximate surface area is 126 Å². The monoisotopic (exact) mass is 355 g/mol. The Morgan fingerprint density at radius 1 is 1.17 bits per heavy atom. The maximum Gasteiger partial charge on any atom is 0.398 e. The zero-order chi connectivity index (χ0) is 12.3. The maximum absolute atomic E-state index is 4.48.